The molecule has 0 saturated carbocycles. The molecule has 3 aromatic rings. The second kappa shape index (κ2) is 12.2. The summed E-state index contributed by atoms with van der Waals surface area (Å²) >= 11 is 0. The fraction of sp³-hybridized carbons (Fsp3) is 0.576. The second-order valence-corrected chi connectivity index (χ2v) is 12.9. The summed E-state index contributed by atoms with van der Waals surface area (Å²) in [6.45, 7) is 10.9. The molecule has 4 heterocycles. The molecule has 1 unspecified atom stereocenters. The summed E-state index contributed by atoms with van der Waals surface area (Å²) in [4.78, 5) is 7.86. The van der Waals surface area contributed by atoms with Crippen LogP contribution in [-0.4, -0.2) is 54.3 Å². The molecule has 0 bridgehead atoms. The van der Waals surface area contributed by atoms with Gasteiger partial charge in [-0.2, -0.15) is 0 Å². The minimum atomic E-state index is -1.14. The van der Waals surface area contributed by atoms with E-state index in [0.29, 0.717) is 23.7 Å². The van der Waals surface area contributed by atoms with Gasteiger partial charge >= 0.3 is 0 Å². The van der Waals surface area contributed by atoms with Crippen molar-refractivity contribution in [3.8, 4) is 0 Å². The number of hydrogen-bond donors (Lipinski definition) is 2. The number of hydrogen-bond acceptors (Lipinski definition) is 3. The molecule has 1 aromatic heterocycles. The van der Waals surface area contributed by atoms with E-state index in [0.717, 1.165) is 58.1 Å². The van der Waals surface area contributed by atoms with Crippen LogP contribution in [0, 0.1) is 17.0 Å². The Morgan fingerprint density at radius 1 is 0.950 bits per heavy atom. The summed E-state index contributed by atoms with van der Waals surface area (Å²) in [7, 11) is 0. The zero-order valence-corrected chi connectivity index (χ0v) is 24.3. The predicted octanol–water partition coefficient (Wildman–Crippen LogP) is 7.38. The number of fused-ring (bicyclic) bond motifs is 3. The topological polar surface area (TPSA) is 34.3 Å². The lowest BCUT2D eigenvalue weighted by Gasteiger charge is -2.44. The van der Waals surface area contributed by atoms with Crippen LogP contribution in [0.5, 0.6) is 0 Å². The molecule has 2 aromatic carbocycles. The monoisotopic (exact) mass is 554 g/mol. The standard InChI is InChI=1S/C17H24F2N2.C16H21FN2/c18-14-11-15(19)13-16(12-14)21-9-5-17(6-10-21)3-1-7-20-8-2-4-17;1-11-8-13-12-6-4-5-7-14(12)18-15(13)9-19(11)10-16(2,3)17/h11-13,20H,1-10H2;4-7,11,18H,8-10H2,1-3H3. The number of anilines is 1. The first kappa shape index (κ1) is 29.0. The minimum absolute atomic E-state index is 0.390. The first-order valence-corrected chi connectivity index (χ1v) is 15.0. The van der Waals surface area contributed by atoms with Crippen molar-refractivity contribution in [1.29, 1.82) is 0 Å². The second-order valence-electron chi connectivity index (χ2n) is 12.9. The molecule has 2 fully saturated rings. The SMILES string of the molecule is CC1Cc2c([nH]c3ccccc23)CN1CC(C)(C)F.Fc1cc(F)cc(N2CCC3(CCCNCCC3)CC2)c1. The maximum atomic E-state index is 13.9. The Morgan fingerprint density at radius 3 is 2.25 bits per heavy atom. The average Bonchev–Trinajstić information content (AvgIpc) is 3.23. The predicted molar refractivity (Wildman–Crippen MR) is 159 cm³/mol. The normalized spacial score (nSPS) is 21.9. The number of aromatic amines is 1. The van der Waals surface area contributed by atoms with Gasteiger partial charge in [0.15, 0.2) is 0 Å². The van der Waals surface area contributed by atoms with E-state index in [1.54, 1.807) is 13.8 Å². The lowest BCUT2D eigenvalue weighted by molar-refractivity contribution is 0.0853. The smallest absolute Gasteiger partial charge is 0.128 e. The Bertz CT molecular complexity index is 1240. The number of nitrogens with zero attached hydrogens (tertiary/aromatic N) is 2. The van der Waals surface area contributed by atoms with E-state index in [1.807, 2.05) is 0 Å². The maximum Gasteiger partial charge on any atom is 0.128 e. The molecule has 1 atom stereocenters. The van der Waals surface area contributed by atoms with Gasteiger partial charge in [-0.3, -0.25) is 4.90 Å². The highest BCUT2D eigenvalue weighted by atomic mass is 19.1. The van der Waals surface area contributed by atoms with Crippen molar-refractivity contribution in [2.75, 3.05) is 37.6 Å². The van der Waals surface area contributed by atoms with Crippen molar-refractivity contribution in [3.63, 3.8) is 0 Å². The molecule has 0 amide bonds. The minimum Gasteiger partial charge on any atom is -0.371 e. The number of halogens is 3. The van der Waals surface area contributed by atoms with E-state index in [4.69, 9.17) is 0 Å². The number of piperidine rings is 1. The van der Waals surface area contributed by atoms with E-state index < -0.39 is 17.3 Å². The van der Waals surface area contributed by atoms with Gasteiger partial charge in [0.1, 0.15) is 17.3 Å². The first-order valence-electron chi connectivity index (χ1n) is 15.0. The molecule has 218 valence electrons. The lowest BCUT2D eigenvalue weighted by atomic mass is 9.71. The Labute approximate surface area is 237 Å². The summed E-state index contributed by atoms with van der Waals surface area (Å²) in [5, 5.41) is 4.79. The largest absolute Gasteiger partial charge is 0.371 e. The highest BCUT2D eigenvalue weighted by Crippen LogP contribution is 2.42. The van der Waals surface area contributed by atoms with E-state index in [2.05, 4.69) is 51.3 Å². The van der Waals surface area contributed by atoms with Crippen LogP contribution in [0.25, 0.3) is 10.9 Å². The van der Waals surface area contributed by atoms with Crippen molar-refractivity contribution in [2.24, 2.45) is 5.41 Å². The van der Waals surface area contributed by atoms with E-state index >= 15 is 0 Å². The molecule has 6 rings (SSSR count). The van der Waals surface area contributed by atoms with Gasteiger partial charge in [0.25, 0.3) is 0 Å². The van der Waals surface area contributed by atoms with Gasteiger partial charge in [-0.15, -0.1) is 0 Å². The molecular weight excluding hydrogens is 509 g/mol. The van der Waals surface area contributed by atoms with Crippen molar-refractivity contribution in [2.45, 2.75) is 84.0 Å². The molecule has 3 aliphatic rings. The summed E-state index contributed by atoms with van der Waals surface area (Å²) in [5.41, 5.74) is 3.87. The van der Waals surface area contributed by atoms with Crippen LogP contribution in [0.2, 0.25) is 0 Å². The Balaban J connectivity index is 0.000000162. The summed E-state index contributed by atoms with van der Waals surface area (Å²) in [6, 6.07) is 12.6. The molecular formula is C33H45F3N4. The van der Waals surface area contributed by atoms with Gasteiger partial charge in [-0.1, -0.05) is 18.2 Å². The Hall–Kier alpha value is -2.51. The fourth-order valence-corrected chi connectivity index (χ4v) is 6.99. The van der Waals surface area contributed by atoms with E-state index in [9.17, 15) is 13.2 Å². The van der Waals surface area contributed by atoms with Crippen molar-refractivity contribution in [3.05, 3.63) is 65.4 Å². The van der Waals surface area contributed by atoms with Crippen LogP contribution < -0.4 is 10.2 Å². The fourth-order valence-electron chi connectivity index (χ4n) is 6.99. The number of H-pyrrole nitrogens is 1. The van der Waals surface area contributed by atoms with E-state index in [-0.39, 0.29) is 0 Å². The van der Waals surface area contributed by atoms with Gasteiger partial charge in [0.05, 0.1) is 0 Å². The molecule has 2 saturated heterocycles. The molecule has 0 aliphatic carbocycles. The van der Waals surface area contributed by atoms with E-state index in [1.165, 1.54) is 60.0 Å². The van der Waals surface area contributed by atoms with Crippen LogP contribution in [0.1, 0.15) is 70.6 Å². The van der Waals surface area contributed by atoms with Crippen LogP contribution >= 0.6 is 0 Å². The van der Waals surface area contributed by atoms with Gasteiger partial charge < -0.3 is 15.2 Å². The van der Waals surface area contributed by atoms with Gasteiger partial charge in [-0.05, 0) is 108 Å². The third-order valence-electron chi connectivity index (χ3n) is 9.12. The Morgan fingerprint density at radius 2 is 1.60 bits per heavy atom. The van der Waals surface area contributed by atoms with Crippen molar-refractivity contribution >= 4 is 16.6 Å². The molecule has 7 heteroatoms. The number of para-hydroxylation sites is 1. The zero-order valence-electron chi connectivity index (χ0n) is 24.3. The van der Waals surface area contributed by atoms with Gasteiger partial charge in [-0.25, -0.2) is 13.2 Å². The van der Waals surface area contributed by atoms with Crippen molar-refractivity contribution < 1.29 is 13.2 Å². The van der Waals surface area contributed by atoms with Crippen LogP contribution in [0.4, 0.5) is 18.9 Å². The third-order valence-corrected chi connectivity index (χ3v) is 9.12. The third kappa shape index (κ3) is 7.03. The molecule has 3 aliphatic heterocycles. The number of nitrogens with one attached hydrogen (secondary N) is 2. The summed E-state index contributed by atoms with van der Waals surface area (Å²) in [6.07, 6.45) is 8.34. The molecule has 40 heavy (non-hydrogen) atoms. The maximum absolute atomic E-state index is 13.9. The zero-order chi connectivity index (χ0) is 28.3. The van der Waals surface area contributed by atoms with Crippen LogP contribution in [-0.2, 0) is 13.0 Å². The number of rotatable bonds is 3. The quantitative estimate of drug-likeness (QED) is 0.355. The van der Waals surface area contributed by atoms with Crippen LogP contribution in [0.15, 0.2) is 42.5 Å². The Kier molecular flexibility index (Phi) is 8.81. The number of alkyl halides is 1. The lowest BCUT2D eigenvalue weighted by Crippen LogP contribution is -2.44. The molecule has 0 radical (unpaired) electrons. The molecule has 1 spiro atoms. The molecule has 2 N–H and O–H groups in total. The summed E-state index contributed by atoms with van der Waals surface area (Å²) in [5.74, 6) is -0.968. The molecule has 4 nitrogen and oxygen atoms in total. The van der Waals surface area contributed by atoms with Crippen LogP contribution in [0.3, 0.4) is 0 Å². The first-order chi connectivity index (χ1) is 19.1. The summed E-state index contributed by atoms with van der Waals surface area (Å²) < 4.78 is 40.6. The highest BCUT2D eigenvalue weighted by molar-refractivity contribution is 5.84. The highest BCUT2D eigenvalue weighted by Gasteiger charge is 2.34. The van der Waals surface area contributed by atoms with Crippen molar-refractivity contribution in [1.82, 2.24) is 15.2 Å². The van der Waals surface area contributed by atoms with Gasteiger partial charge in [0.2, 0.25) is 0 Å². The number of aromatic nitrogens is 1. The number of benzene rings is 2. The average molecular weight is 555 g/mol. The van der Waals surface area contributed by atoms with Gasteiger partial charge in [0, 0.05) is 60.6 Å².